The van der Waals surface area contributed by atoms with E-state index in [4.69, 9.17) is 27.6 Å². The van der Waals surface area contributed by atoms with Crippen LogP contribution < -0.4 is 5.32 Å². The summed E-state index contributed by atoms with van der Waals surface area (Å²) in [6, 6.07) is 14.3. The maximum absolute atomic E-state index is 11.1. The van der Waals surface area contributed by atoms with Crippen LogP contribution in [0.25, 0.3) is 0 Å². The van der Waals surface area contributed by atoms with Crippen LogP contribution in [0.5, 0.6) is 0 Å². The molecule has 2 aromatic carbocycles. The molecule has 0 bridgehead atoms. The molecule has 0 aliphatic heterocycles. The molecular weight excluding hydrogens is 405 g/mol. The van der Waals surface area contributed by atoms with Crippen LogP contribution in [0.2, 0.25) is 10.0 Å². The van der Waals surface area contributed by atoms with Crippen LogP contribution in [-0.4, -0.2) is 15.8 Å². The number of benzene rings is 2. The van der Waals surface area contributed by atoms with E-state index in [2.05, 4.69) is 10.5 Å². The summed E-state index contributed by atoms with van der Waals surface area (Å²) >= 11 is 11.8. The lowest BCUT2D eigenvalue weighted by Gasteiger charge is -2.19. The Bertz CT molecular complexity index is 989. The largest absolute Gasteiger partial charge is 0.467 e. The highest BCUT2D eigenvalue weighted by Gasteiger charge is 2.21. The Morgan fingerprint density at radius 2 is 1.96 bits per heavy atom. The molecule has 9 heteroatoms. The standard InChI is InChI=1S/C19H15Cl2N3O4/c20-13-5-3-12(4-6-13)16(23-25)11-17(19-2-1-9-28-19)22-14-7-8-15(21)18(10-14)24(26)27/h1-10,17,22,25H,11H2/b23-16-. The molecule has 2 N–H and O–H groups in total. The zero-order valence-corrected chi connectivity index (χ0v) is 15.9. The van der Waals surface area contributed by atoms with Gasteiger partial charge < -0.3 is 14.9 Å². The molecule has 144 valence electrons. The number of furan rings is 1. The van der Waals surface area contributed by atoms with Crippen LogP contribution in [0.15, 0.2) is 70.4 Å². The monoisotopic (exact) mass is 419 g/mol. The van der Waals surface area contributed by atoms with E-state index in [1.54, 1.807) is 42.5 Å². The van der Waals surface area contributed by atoms with Gasteiger partial charge in [0.25, 0.3) is 5.69 Å². The van der Waals surface area contributed by atoms with Crippen molar-refractivity contribution < 1.29 is 14.5 Å². The minimum absolute atomic E-state index is 0.0453. The third-order valence-corrected chi connectivity index (χ3v) is 4.64. The Balaban J connectivity index is 1.89. The summed E-state index contributed by atoms with van der Waals surface area (Å²) in [4.78, 5) is 10.6. The van der Waals surface area contributed by atoms with Crippen molar-refractivity contribution in [3.05, 3.63) is 92.3 Å². The van der Waals surface area contributed by atoms with Crippen LogP contribution in [-0.2, 0) is 0 Å². The van der Waals surface area contributed by atoms with Crippen molar-refractivity contribution in [3.63, 3.8) is 0 Å². The molecule has 1 aromatic heterocycles. The number of oxime groups is 1. The molecule has 0 saturated carbocycles. The van der Waals surface area contributed by atoms with Crippen molar-refractivity contribution in [2.24, 2.45) is 5.16 Å². The molecule has 0 aliphatic rings. The lowest BCUT2D eigenvalue weighted by atomic mass is 10.0. The second kappa shape index (κ2) is 8.77. The normalized spacial score (nSPS) is 12.6. The maximum Gasteiger partial charge on any atom is 0.289 e. The van der Waals surface area contributed by atoms with E-state index < -0.39 is 11.0 Å². The van der Waals surface area contributed by atoms with Crippen molar-refractivity contribution in [2.45, 2.75) is 12.5 Å². The van der Waals surface area contributed by atoms with Gasteiger partial charge in [-0.3, -0.25) is 10.1 Å². The topological polar surface area (TPSA) is 101 Å². The van der Waals surface area contributed by atoms with E-state index >= 15 is 0 Å². The summed E-state index contributed by atoms with van der Waals surface area (Å²) in [5, 5.41) is 27.8. The quantitative estimate of drug-likeness (QED) is 0.214. The van der Waals surface area contributed by atoms with Gasteiger partial charge in [-0.15, -0.1) is 0 Å². The van der Waals surface area contributed by atoms with Gasteiger partial charge in [-0.25, -0.2) is 0 Å². The highest BCUT2D eigenvalue weighted by Crippen LogP contribution is 2.31. The van der Waals surface area contributed by atoms with Crippen molar-refractivity contribution in [1.29, 1.82) is 0 Å². The van der Waals surface area contributed by atoms with E-state index in [-0.39, 0.29) is 17.1 Å². The summed E-state index contributed by atoms with van der Waals surface area (Å²) in [7, 11) is 0. The van der Waals surface area contributed by atoms with Crippen LogP contribution in [0, 0.1) is 10.1 Å². The molecule has 0 fully saturated rings. The van der Waals surface area contributed by atoms with Crippen molar-refractivity contribution >= 4 is 40.3 Å². The highest BCUT2D eigenvalue weighted by atomic mass is 35.5. The third-order valence-electron chi connectivity index (χ3n) is 4.07. The Labute approximate surface area is 170 Å². The molecule has 7 nitrogen and oxygen atoms in total. The fourth-order valence-corrected chi connectivity index (χ4v) is 3.02. The molecule has 0 saturated heterocycles. The number of hydrogen-bond acceptors (Lipinski definition) is 6. The number of anilines is 1. The molecule has 1 unspecified atom stereocenters. The summed E-state index contributed by atoms with van der Waals surface area (Å²) < 4.78 is 5.49. The molecule has 0 radical (unpaired) electrons. The fourth-order valence-electron chi connectivity index (χ4n) is 2.71. The number of nitrogens with zero attached hydrogens (tertiary/aromatic N) is 2. The van der Waals surface area contributed by atoms with Crippen molar-refractivity contribution in [2.75, 3.05) is 5.32 Å². The van der Waals surface area contributed by atoms with Crippen LogP contribution >= 0.6 is 23.2 Å². The predicted octanol–water partition coefficient (Wildman–Crippen LogP) is 5.92. The molecule has 3 rings (SSSR count). The minimum atomic E-state index is -0.552. The van der Waals surface area contributed by atoms with Gasteiger partial charge >= 0.3 is 0 Å². The van der Waals surface area contributed by atoms with Crippen LogP contribution in [0.3, 0.4) is 0 Å². The van der Waals surface area contributed by atoms with E-state index in [0.29, 0.717) is 27.7 Å². The van der Waals surface area contributed by atoms with Gasteiger partial charge in [-0.2, -0.15) is 0 Å². The number of rotatable bonds is 7. The first kappa shape index (κ1) is 19.7. The molecule has 28 heavy (non-hydrogen) atoms. The van der Waals surface area contributed by atoms with Crippen molar-refractivity contribution in [1.82, 2.24) is 0 Å². The number of nitro groups is 1. The fraction of sp³-hybridized carbons (Fsp3) is 0.105. The van der Waals surface area contributed by atoms with Gasteiger partial charge in [-0.1, -0.05) is 40.5 Å². The number of hydrogen-bond donors (Lipinski definition) is 2. The van der Waals surface area contributed by atoms with Gasteiger partial charge in [0.05, 0.1) is 22.9 Å². The second-order valence-corrected chi connectivity index (χ2v) is 6.74. The SMILES string of the molecule is O=[N+]([O-])c1cc(NC(C/C(=N/O)c2ccc(Cl)cc2)c2ccco2)ccc1Cl. The van der Waals surface area contributed by atoms with E-state index in [0.717, 1.165) is 0 Å². The number of nitrogens with one attached hydrogen (secondary N) is 1. The number of halogens is 2. The number of nitro benzene ring substituents is 1. The molecule has 1 atom stereocenters. The summed E-state index contributed by atoms with van der Waals surface area (Å²) in [6.45, 7) is 0. The van der Waals surface area contributed by atoms with Gasteiger partial charge in [0.1, 0.15) is 10.8 Å². The van der Waals surface area contributed by atoms with Crippen LogP contribution in [0.4, 0.5) is 11.4 Å². The Kier molecular flexibility index (Phi) is 6.18. The maximum atomic E-state index is 11.1. The Morgan fingerprint density at radius 3 is 2.57 bits per heavy atom. The molecule has 0 spiro atoms. The van der Waals surface area contributed by atoms with Crippen molar-refractivity contribution in [3.8, 4) is 0 Å². The first-order valence-electron chi connectivity index (χ1n) is 8.18. The zero-order valence-electron chi connectivity index (χ0n) is 14.4. The minimum Gasteiger partial charge on any atom is -0.467 e. The van der Waals surface area contributed by atoms with Gasteiger partial charge in [0.15, 0.2) is 0 Å². The first-order chi connectivity index (χ1) is 13.5. The Morgan fingerprint density at radius 1 is 1.21 bits per heavy atom. The average Bonchev–Trinajstić information content (AvgIpc) is 3.22. The molecule has 3 aromatic rings. The molecule has 1 heterocycles. The third kappa shape index (κ3) is 4.62. The van der Waals surface area contributed by atoms with E-state index in [1.165, 1.54) is 18.4 Å². The van der Waals surface area contributed by atoms with E-state index in [9.17, 15) is 15.3 Å². The van der Waals surface area contributed by atoms with Gasteiger partial charge in [0.2, 0.25) is 0 Å². The first-order valence-corrected chi connectivity index (χ1v) is 8.94. The van der Waals surface area contributed by atoms with E-state index in [1.807, 2.05) is 0 Å². The van der Waals surface area contributed by atoms with Gasteiger partial charge in [0, 0.05) is 23.2 Å². The zero-order chi connectivity index (χ0) is 20.1. The predicted molar refractivity (Wildman–Crippen MR) is 108 cm³/mol. The van der Waals surface area contributed by atoms with Gasteiger partial charge in [-0.05, 0) is 42.0 Å². The summed E-state index contributed by atoms with van der Waals surface area (Å²) in [6.07, 6.45) is 1.77. The lowest BCUT2D eigenvalue weighted by Crippen LogP contribution is -2.16. The lowest BCUT2D eigenvalue weighted by molar-refractivity contribution is -0.384. The highest BCUT2D eigenvalue weighted by molar-refractivity contribution is 6.32. The molecule has 0 aliphatic carbocycles. The summed E-state index contributed by atoms with van der Waals surface area (Å²) in [5.41, 5.74) is 1.35. The smallest absolute Gasteiger partial charge is 0.289 e. The second-order valence-electron chi connectivity index (χ2n) is 5.89. The Hall–Kier alpha value is -3.03. The average molecular weight is 420 g/mol. The summed E-state index contributed by atoms with van der Waals surface area (Å²) in [5.74, 6) is 0.577. The molecular formula is C19H15Cl2N3O4. The van der Waals surface area contributed by atoms with Crippen LogP contribution in [0.1, 0.15) is 23.8 Å². The molecule has 0 amide bonds.